The third kappa shape index (κ3) is 3.40. The van der Waals surface area contributed by atoms with Crippen molar-refractivity contribution in [2.24, 2.45) is 11.8 Å². The van der Waals surface area contributed by atoms with Gasteiger partial charge < -0.3 is 10.4 Å². The second kappa shape index (κ2) is 6.13. The summed E-state index contributed by atoms with van der Waals surface area (Å²) in [6.07, 6.45) is 4.31. The molecule has 1 amide bonds. The molecule has 1 aliphatic carbocycles. The van der Waals surface area contributed by atoms with Gasteiger partial charge in [0, 0.05) is 17.7 Å². The normalized spacial score (nSPS) is 26.4. The number of hydrogen-bond acceptors (Lipinski definition) is 3. The van der Waals surface area contributed by atoms with Gasteiger partial charge in [0.1, 0.15) is 0 Å². The van der Waals surface area contributed by atoms with E-state index in [0.717, 1.165) is 18.6 Å². The van der Waals surface area contributed by atoms with Gasteiger partial charge in [-0.25, -0.2) is 0 Å². The number of carboxylic acid groups (broad SMARTS) is 1. The molecule has 4 nitrogen and oxygen atoms in total. The Labute approximate surface area is 100 Å². The van der Waals surface area contributed by atoms with Crippen LogP contribution in [-0.4, -0.2) is 35.0 Å². The highest BCUT2D eigenvalue weighted by atomic mass is 32.2. The molecule has 1 saturated carbocycles. The van der Waals surface area contributed by atoms with Crippen molar-refractivity contribution in [1.29, 1.82) is 0 Å². The summed E-state index contributed by atoms with van der Waals surface area (Å²) in [6.45, 7) is 1.87. The smallest absolute Gasteiger partial charge is 0.308 e. The van der Waals surface area contributed by atoms with Crippen LogP contribution in [0.1, 0.15) is 26.2 Å². The Bertz CT molecular complexity index is 270. The Kier molecular flexibility index (Phi) is 5.12. The van der Waals surface area contributed by atoms with Crippen LogP contribution < -0.4 is 5.32 Å². The number of hydrogen-bond donors (Lipinski definition) is 2. The topological polar surface area (TPSA) is 66.4 Å². The van der Waals surface area contributed by atoms with Gasteiger partial charge >= 0.3 is 5.97 Å². The molecule has 3 atom stereocenters. The number of rotatable bonds is 5. The van der Waals surface area contributed by atoms with Crippen molar-refractivity contribution in [2.45, 2.75) is 32.2 Å². The highest BCUT2D eigenvalue weighted by Crippen LogP contribution is 2.26. The molecule has 0 aliphatic heterocycles. The van der Waals surface area contributed by atoms with Crippen molar-refractivity contribution in [1.82, 2.24) is 5.32 Å². The SMILES string of the molecule is CSCC(C)C(=O)NC1CCCC1C(=O)O. The van der Waals surface area contributed by atoms with Gasteiger partial charge in [0.05, 0.1) is 5.92 Å². The molecule has 0 bridgehead atoms. The minimum atomic E-state index is -0.791. The molecule has 0 aromatic rings. The molecule has 1 aliphatic rings. The largest absolute Gasteiger partial charge is 0.481 e. The monoisotopic (exact) mass is 245 g/mol. The van der Waals surface area contributed by atoms with Crippen molar-refractivity contribution < 1.29 is 14.7 Å². The molecular weight excluding hydrogens is 226 g/mol. The van der Waals surface area contributed by atoms with Crippen molar-refractivity contribution in [3.63, 3.8) is 0 Å². The molecule has 0 heterocycles. The Hall–Kier alpha value is -0.710. The minimum Gasteiger partial charge on any atom is -0.481 e. The highest BCUT2D eigenvalue weighted by molar-refractivity contribution is 7.98. The third-order valence-electron chi connectivity index (χ3n) is 3.03. The van der Waals surface area contributed by atoms with E-state index >= 15 is 0 Å². The van der Waals surface area contributed by atoms with Crippen LogP contribution in [0.4, 0.5) is 0 Å². The van der Waals surface area contributed by atoms with Crippen molar-refractivity contribution >= 4 is 23.6 Å². The predicted octanol–water partition coefficient (Wildman–Crippen LogP) is 1.35. The van der Waals surface area contributed by atoms with Crippen LogP contribution in [0.25, 0.3) is 0 Å². The molecule has 0 aromatic heterocycles. The molecule has 2 N–H and O–H groups in total. The van der Waals surface area contributed by atoms with Gasteiger partial charge in [0.2, 0.25) is 5.91 Å². The molecule has 0 aromatic carbocycles. The van der Waals surface area contributed by atoms with Crippen LogP contribution in [0.15, 0.2) is 0 Å². The molecule has 92 valence electrons. The first-order valence-corrected chi connectivity index (χ1v) is 6.97. The number of nitrogens with one attached hydrogen (secondary N) is 1. The van der Waals surface area contributed by atoms with Gasteiger partial charge in [-0.2, -0.15) is 11.8 Å². The number of aliphatic carboxylic acids is 1. The van der Waals surface area contributed by atoms with Crippen LogP contribution in [0.2, 0.25) is 0 Å². The lowest BCUT2D eigenvalue weighted by atomic mass is 10.0. The molecule has 0 spiro atoms. The zero-order valence-electron chi connectivity index (χ0n) is 9.73. The number of amides is 1. The van der Waals surface area contributed by atoms with Crippen LogP contribution in [-0.2, 0) is 9.59 Å². The second-order valence-corrected chi connectivity index (χ2v) is 5.26. The fourth-order valence-electron chi connectivity index (χ4n) is 2.08. The zero-order valence-corrected chi connectivity index (χ0v) is 10.5. The predicted molar refractivity (Wildman–Crippen MR) is 64.5 cm³/mol. The van der Waals surface area contributed by atoms with Gasteiger partial charge in [-0.1, -0.05) is 13.3 Å². The molecule has 0 radical (unpaired) electrons. The van der Waals surface area contributed by atoms with Crippen molar-refractivity contribution in [2.75, 3.05) is 12.0 Å². The Morgan fingerprint density at radius 1 is 1.50 bits per heavy atom. The molecule has 0 saturated heterocycles. The number of carbonyl (C=O) groups excluding carboxylic acids is 1. The summed E-state index contributed by atoms with van der Waals surface area (Å²) in [5.74, 6) is -0.487. The third-order valence-corrected chi connectivity index (χ3v) is 3.86. The zero-order chi connectivity index (χ0) is 12.1. The summed E-state index contributed by atoms with van der Waals surface area (Å²) in [5.41, 5.74) is 0. The van der Waals surface area contributed by atoms with Crippen LogP contribution in [0.5, 0.6) is 0 Å². The van der Waals surface area contributed by atoms with E-state index in [1.807, 2.05) is 13.2 Å². The van der Waals surface area contributed by atoms with Crippen molar-refractivity contribution in [3.8, 4) is 0 Å². The number of carbonyl (C=O) groups is 2. The Balaban J connectivity index is 2.47. The summed E-state index contributed by atoms with van der Waals surface area (Å²) >= 11 is 1.63. The molecule has 1 fully saturated rings. The first-order valence-electron chi connectivity index (χ1n) is 5.58. The summed E-state index contributed by atoms with van der Waals surface area (Å²) in [7, 11) is 0. The lowest BCUT2D eigenvalue weighted by Crippen LogP contribution is -2.42. The fraction of sp³-hybridized carbons (Fsp3) is 0.818. The van der Waals surface area contributed by atoms with E-state index in [0.29, 0.717) is 6.42 Å². The van der Waals surface area contributed by atoms with E-state index in [9.17, 15) is 9.59 Å². The van der Waals surface area contributed by atoms with E-state index in [-0.39, 0.29) is 17.9 Å². The lowest BCUT2D eigenvalue weighted by molar-refractivity contribution is -0.142. The maximum atomic E-state index is 11.7. The highest BCUT2D eigenvalue weighted by Gasteiger charge is 2.34. The summed E-state index contributed by atoms with van der Waals surface area (Å²) in [4.78, 5) is 22.7. The fourth-order valence-corrected chi connectivity index (χ4v) is 2.73. The average Bonchev–Trinajstić information content (AvgIpc) is 2.66. The van der Waals surface area contributed by atoms with Crippen molar-refractivity contribution in [3.05, 3.63) is 0 Å². The standard InChI is InChI=1S/C11H19NO3S/c1-7(6-16-2)10(13)12-9-5-3-4-8(9)11(14)15/h7-9H,3-6H2,1-2H3,(H,12,13)(H,14,15). The molecule has 5 heteroatoms. The van der Waals surface area contributed by atoms with E-state index in [1.54, 1.807) is 11.8 Å². The van der Waals surface area contributed by atoms with E-state index < -0.39 is 11.9 Å². The van der Waals surface area contributed by atoms with Crippen LogP contribution >= 0.6 is 11.8 Å². The summed E-state index contributed by atoms with van der Waals surface area (Å²) < 4.78 is 0. The average molecular weight is 245 g/mol. The summed E-state index contributed by atoms with van der Waals surface area (Å²) in [6, 6.07) is -0.172. The maximum Gasteiger partial charge on any atom is 0.308 e. The minimum absolute atomic E-state index is 0.0208. The lowest BCUT2D eigenvalue weighted by Gasteiger charge is -2.19. The molecule has 3 unspecified atom stereocenters. The quantitative estimate of drug-likeness (QED) is 0.767. The second-order valence-electron chi connectivity index (χ2n) is 4.35. The Morgan fingerprint density at radius 2 is 2.19 bits per heavy atom. The van der Waals surface area contributed by atoms with Crippen LogP contribution in [0.3, 0.4) is 0 Å². The van der Waals surface area contributed by atoms with E-state index in [1.165, 1.54) is 0 Å². The van der Waals surface area contributed by atoms with Gasteiger partial charge in [0.25, 0.3) is 0 Å². The van der Waals surface area contributed by atoms with E-state index in [4.69, 9.17) is 5.11 Å². The van der Waals surface area contributed by atoms with E-state index in [2.05, 4.69) is 5.32 Å². The molecule has 1 rings (SSSR count). The first-order chi connectivity index (χ1) is 7.56. The maximum absolute atomic E-state index is 11.7. The number of thioether (sulfide) groups is 1. The van der Waals surface area contributed by atoms with Gasteiger partial charge in [-0.15, -0.1) is 0 Å². The van der Waals surface area contributed by atoms with Gasteiger partial charge in [-0.3, -0.25) is 9.59 Å². The first kappa shape index (κ1) is 13.4. The van der Waals surface area contributed by atoms with Gasteiger partial charge in [-0.05, 0) is 19.1 Å². The molecule has 16 heavy (non-hydrogen) atoms. The van der Waals surface area contributed by atoms with Gasteiger partial charge in [0.15, 0.2) is 0 Å². The summed E-state index contributed by atoms with van der Waals surface area (Å²) in [5, 5.41) is 11.8. The number of carboxylic acids is 1. The van der Waals surface area contributed by atoms with Crippen LogP contribution in [0, 0.1) is 11.8 Å². The molecular formula is C11H19NO3S. The Morgan fingerprint density at radius 3 is 2.75 bits per heavy atom.